The molecule has 0 radical (unpaired) electrons. The molecule has 0 N–H and O–H groups in total. The Morgan fingerprint density at radius 2 is 1.80 bits per heavy atom. The van der Waals surface area contributed by atoms with E-state index in [-0.39, 0.29) is 5.75 Å². The van der Waals surface area contributed by atoms with Crippen LogP contribution in [0.25, 0.3) is 10.9 Å². The number of hydrogen-bond donors (Lipinski definition) is 0. The average Bonchev–Trinajstić information content (AvgIpc) is 2.99. The van der Waals surface area contributed by atoms with E-state index in [9.17, 15) is 17.2 Å². The molecule has 0 saturated carbocycles. The molecule has 2 heterocycles. The van der Waals surface area contributed by atoms with Crippen LogP contribution >= 0.6 is 0 Å². The van der Waals surface area contributed by atoms with Gasteiger partial charge < -0.3 is 13.7 Å². The largest absolute Gasteiger partial charge is 0.379 e. The molecular weight excluding hydrogens is 410 g/mol. The first-order chi connectivity index (χ1) is 14.2. The Bertz CT molecular complexity index is 1190. The molecule has 4 rings (SSSR count). The van der Waals surface area contributed by atoms with Crippen molar-refractivity contribution in [2.45, 2.75) is 36.6 Å². The maximum atomic E-state index is 14.0. The van der Waals surface area contributed by atoms with Crippen LogP contribution in [0.4, 0.5) is 8.78 Å². The Kier molecular flexibility index (Phi) is 5.32. The number of piperidine rings is 1. The molecule has 1 aliphatic rings. The van der Waals surface area contributed by atoms with Crippen molar-refractivity contribution >= 4 is 21.0 Å². The van der Waals surface area contributed by atoms with Crippen molar-refractivity contribution < 1.29 is 21.4 Å². The molecule has 30 heavy (non-hydrogen) atoms. The van der Waals surface area contributed by atoms with E-state index in [1.165, 1.54) is 6.07 Å². The van der Waals surface area contributed by atoms with E-state index < -0.39 is 26.6 Å². The van der Waals surface area contributed by atoms with Crippen LogP contribution in [0.1, 0.15) is 31.2 Å². The van der Waals surface area contributed by atoms with Crippen LogP contribution in [0.3, 0.4) is 0 Å². The lowest BCUT2D eigenvalue weighted by atomic mass is 9.86. The molecule has 1 fully saturated rings. The van der Waals surface area contributed by atoms with Crippen LogP contribution in [-0.4, -0.2) is 37.5 Å². The highest BCUT2D eigenvalue weighted by Gasteiger charge is 2.28. The normalized spacial score (nSPS) is 20.6. The van der Waals surface area contributed by atoms with E-state index in [4.69, 9.17) is 4.18 Å². The molecule has 1 aromatic heterocycles. The average molecular weight is 435 g/mol. The molecule has 5 nitrogen and oxygen atoms in total. The third-order valence-electron chi connectivity index (χ3n) is 6.01. The Morgan fingerprint density at radius 1 is 1.10 bits per heavy atom. The van der Waals surface area contributed by atoms with Gasteiger partial charge in [0.2, 0.25) is 0 Å². The second-order valence-corrected chi connectivity index (χ2v) is 9.50. The molecule has 1 saturated heterocycles. The summed E-state index contributed by atoms with van der Waals surface area (Å²) in [5, 5.41) is 0.890. The van der Waals surface area contributed by atoms with Gasteiger partial charge >= 0.3 is 10.1 Å². The molecule has 0 aliphatic carbocycles. The van der Waals surface area contributed by atoms with Gasteiger partial charge in [-0.1, -0.05) is 6.07 Å². The molecule has 0 amide bonds. The van der Waals surface area contributed by atoms with Crippen LogP contribution < -0.4 is 4.18 Å². The summed E-state index contributed by atoms with van der Waals surface area (Å²) in [6.07, 6.45) is 4.07. The number of rotatable bonds is 4. The summed E-state index contributed by atoms with van der Waals surface area (Å²) in [5.41, 5.74) is 2.07. The first-order valence-electron chi connectivity index (χ1n) is 9.85. The fourth-order valence-electron chi connectivity index (χ4n) is 4.24. The Balaban J connectivity index is 1.71. The summed E-state index contributed by atoms with van der Waals surface area (Å²) in [6.45, 7) is 3.18. The van der Waals surface area contributed by atoms with Crippen LogP contribution in [0.2, 0.25) is 0 Å². The number of benzene rings is 2. The second kappa shape index (κ2) is 7.67. The minimum atomic E-state index is -4.65. The zero-order valence-corrected chi connectivity index (χ0v) is 17.9. The van der Waals surface area contributed by atoms with E-state index >= 15 is 0 Å². The maximum Gasteiger partial charge on any atom is 0.345 e. The fourth-order valence-corrected chi connectivity index (χ4v) is 5.29. The van der Waals surface area contributed by atoms with Crippen molar-refractivity contribution in [2.24, 2.45) is 7.05 Å². The molecule has 2 atom stereocenters. The quantitative estimate of drug-likeness (QED) is 0.571. The standard InChI is InChI=1S/C22H24F2N2O3S/c1-14-11-15(9-10-25(14)2)18-13-26(3)21-8-7-16(12-17(18)21)29-30(27,28)22-19(23)5-4-6-20(22)24/h4-8,12-15H,9-11H2,1-3H3. The van der Waals surface area contributed by atoms with Gasteiger partial charge in [0, 0.05) is 30.2 Å². The fraction of sp³-hybridized carbons (Fsp3) is 0.364. The molecule has 2 aromatic carbocycles. The summed E-state index contributed by atoms with van der Waals surface area (Å²) in [4.78, 5) is 1.24. The Morgan fingerprint density at radius 3 is 2.47 bits per heavy atom. The minimum Gasteiger partial charge on any atom is -0.379 e. The van der Waals surface area contributed by atoms with E-state index in [0.29, 0.717) is 12.0 Å². The van der Waals surface area contributed by atoms with Crippen molar-refractivity contribution in [2.75, 3.05) is 13.6 Å². The first kappa shape index (κ1) is 20.8. The van der Waals surface area contributed by atoms with Gasteiger partial charge in [0.25, 0.3) is 0 Å². The van der Waals surface area contributed by atoms with Crippen LogP contribution in [0, 0.1) is 11.6 Å². The Labute approximate surface area is 175 Å². The summed E-state index contributed by atoms with van der Waals surface area (Å²) in [5.74, 6) is -2.00. The summed E-state index contributed by atoms with van der Waals surface area (Å²) < 4.78 is 60.1. The highest BCUT2D eigenvalue weighted by atomic mass is 32.2. The zero-order valence-electron chi connectivity index (χ0n) is 17.1. The molecule has 3 aromatic rings. The third kappa shape index (κ3) is 3.70. The van der Waals surface area contributed by atoms with Crippen LogP contribution in [0.5, 0.6) is 5.75 Å². The monoisotopic (exact) mass is 434 g/mol. The molecule has 8 heteroatoms. The lowest BCUT2D eigenvalue weighted by molar-refractivity contribution is 0.183. The van der Waals surface area contributed by atoms with Gasteiger partial charge in [-0.15, -0.1) is 0 Å². The predicted octanol–water partition coefficient (Wildman–Crippen LogP) is 4.42. The summed E-state index contributed by atoms with van der Waals surface area (Å²) in [6, 6.07) is 8.23. The zero-order chi connectivity index (χ0) is 21.6. The van der Waals surface area contributed by atoms with E-state index in [0.717, 1.165) is 54.1 Å². The lowest BCUT2D eigenvalue weighted by Crippen LogP contribution is -2.36. The van der Waals surface area contributed by atoms with Crippen molar-refractivity contribution in [1.82, 2.24) is 9.47 Å². The molecule has 2 unspecified atom stereocenters. The van der Waals surface area contributed by atoms with E-state index in [1.807, 2.05) is 11.6 Å². The van der Waals surface area contributed by atoms with Gasteiger partial charge in [0.15, 0.2) is 4.90 Å². The second-order valence-electron chi connectivity index (χ2n) is 8.01. The van der Waals surface area contributed by atoms with Crippen molar-refractivity contribution in [3.05, 3.63) is 59.8 Å². The summed E-state index contributed by atoms with van der Waals surface area (Å²) in [7, 11) is -0.599. The number of fused-ring (bicyclic) bond motifs is 1. The maximum absolute atomic E-state index is 14.0. The van der Waals surface area contributed by atoms with Gasteiger partial charge in [0.05, 0.1) is 0 Å². The van der Waals surface area contributed by atoms with E-state index in [1.54, 1.807) is 12.1 Å². The SMILES string of the molecule is CC1CC(c2cn(C)c3ccc(OS(=O)(=O)c4c(F)cccc4F)cc23)CCN1C. The topological polar surface area (TPSA) is 51.5 Å². The van der Waals surface area contributed by atoms with Crippen molar-refractivity contribution in [3.63, 3.8) is 0 Å². The van der Waals surface area contributed by atoms with Crippen molar-refractivity contribution in [3.8, 4) is 5.75 Å². The Hall–Kier alpha value is -2.45. The molecule has 0 spiro atoms. The highest BCUT2D eigenvalue weighted by molar-refractivity contribution is 7.87. The van der Waals surface area contributed by atoms with Gasteiger partial charge in [-0.3, -0.25) is 0 Å². The van der Waals surface area contributed by atoms with Gasteiger partial charge in [-0.05, 0) is 75.2 Å². The molecule has 1 aliphatic heterocycles. The van der Waals surface area contributed by atoms with Crippen LogP contribution in [0.15, 0.2) is 47.5 Å². The van der Waals surface area contributed by atoms with Crippen LogP contribution in [-0.2, 0) is 17.2 Å². The number of hydrogen-bond acceptors (Lipinski definition) is 4. The van der Waals surface area contributed by atoms with Gasteiger partial charge in [0.1, 0.15) is 17.4 Å². The van der Waals surface area contributed by atoms with E-state index in [2.05, 4.69) is 25.1 Å². The highest BCUT2D eigenvalue weighted by Crippen LogP contribution is 2.37. The lowest BCUT2D eigenvalue weighted by Gasteiger charge is -2.35. The first-order valence-corrected chi connectivity index (χ1v) is 11.3. The van der Waals surface area contributed by atoms with Gasteiger partial charge in [-0.25, -0.2) is 8.78 Å². The van der Waals surface area contributed by atoms with Crippen molar-refractivity contribution in [1.29, 1.82) is 0 Å². The summed E-state index contributed by atoms with van der Waals surface area (Å²) >= 11 is 0. The number of aryl methyl sites for hydroxylation is 1. The number of nitrogens with zero attached hydrogens (tertiary/aromatic N) is 2. The molecule has 0 bridgehead atoms. The minimum absolute atomic E-state index is 0.0265. The number of likely N-dealkylation sites (tertiary alicyclic amines) is 1. The molecule has 160 valence electrons. The number of halogens is 2. The number of aromatic nitrogens is 1. The predicted molar refractivity (Wildman–Crippen MR) is 111 cm³/mol. The smallest absolute Gasteiger partial charge is 0.345 e. The molecular formula is C22H24F2N2O3S. The third-order valence-corrected chi connectivity index (χ3v) is 7.32. The van der Waals surface area contributed by atoms with Gasteiger partial charge in [-0.2, -0.15) is 8.42 Å².